The van der Waals surface area contributed by atoms with Gasteiger partial charge in [0.1, 0.15) is 0 Å². The molecule has 2 aromatic rings. The number of halogens is 1. The Kier molecular flexibility index (Phi) is 3.79. The summed E-state index contributed by atoms with van der Waals surface area (Å²) in [6, 6.07) is 6.72. The third-order valence-corrected chi connectivity index (χ3v) is 3.00. The predicted octanol–water partition coefficient (Wildman–Crippen LogP) is 2.51. The molecule has 0 bridgehead atoms. The fourth-order valence-electron chi connectivity index (χ4n) is 1.84. The van der Waals surface area contributed by atoms with Gasteiger partial charge in [0.15, 0.2) is 0 Å². The monoisotopic (exact) mass is 265 g/mol. The Bertz CT molecular complexity index is 598. The van der Waals surface area contributed by atoms with Gasteiger partial charge in [0.25, 0.3) is 0 Å². The first-order valence-corrected chi connectivity index (χ1v) is 5.93. The smallest absolute Gasteiger partial charge is 0.337 e. The number of nitrogens with zero attached hydrogens (tertiary/aromatic N) is 1. The van der Waals surface area contributed by atoms with Crippen LogP contribution >= 0.6 is 11.6 Å². The van der Waals surface area contributed by atoms with E-state index in [0.29, 0.717) is 23.7 Å². The average Bonchev–Trinajstić information content (AvgIpc) is 2.35. The molecular formula is C13H12ClNO3. The van der Waals surface area contributed by atoms with Crippen molar-refractivity contribution in [3.05, 3.63) is 40.5 Å². The largest absolute Gasteiger partial charge is 0.478 e. The molecule has 2 N–H and O–H groups in total. The maximum absolute atomic E-state index is 11.1. The number of aryl methyl sites for hydroxylation is 1. The number of hydrogen-bond acceptors (Lipinski definition) is 3. The molecule has 1 heterocycles. The number of aromatic carboxylic acids is 1. The molecule has 0 atom stereocenters. The first-order valence-electron chi connectivity index (χ1n) is 5.56. The number of fused-ring (bicyclic) bond motifs is 1. The Morgan fingerprint density at radius 1 is 1.28 bits per heavy atom. The summed E-state index contributed by atoms with van der Waals surface area (Å²) in [5.74, 6) is -1.06. The first-order chi connectivity index (χ1) is 8.63. The van der Waals surface area contributed by atoms with Crippen LogP contribution in [0, 0.1) is 0 Å². The fourth-order valence-corrected chi connectivity index (χ4v) is 2.08. The molecule has 0 spiro atoms. The molecule has 0 saturated heterocycles. The van der Waals surface area contributed by atoms with Gasteiger partial charge in [-0.3, -0.25) is 4.98 Å². The third kappa shape index (κ3) is 2.44. The van der Waals surface area contributed by atoms with E-state index in [9.17, 15) is 4.79 Å². The molecule has 0 aliphatic heterocycles. The molecule has 0 unspecified atom stereocenters. The fraction of sp³-hybridized carbons (Fsp3) is 0.231. The zero-order valence-electron chi connectivity index (χ0n) is 9.56. The number of carboxylic acids is 1. The van der Waals surface area contributed by atoms with Gasteiger partial charge in [-0.2, -0.15) is 0 Å². The highest BCUT2D eigenvalue weighted by atomic mass is 35.5. The highest BCUT2D eigenvalue weighted by molar-refractivity contribution is 6.35. The van der Waals surface area contributed by atoms with Crippen LogP contribution < -0.4 is 0 Å². The van der Waals surface area contributed by atoms with Gasteiger partial charge in [-0.1, -0.05) is 17.7 Å². The second-order valence-electron chi connectivity index (χ2n) is 3.92. The number of benzene rings is 1. The van der Waals surface area contributed by atoms with Crippen LogP contribution in [-0.4, -0.2) is 27.8 Å². The van der Waals surface area contributed by atoms with E-state index in [1.54, 1.807) is 18.2 Å². The van der Waals surface area contributed by atoms with Crippen LogP contribution in [0.15, 0.2) is 24.3 Å². The highest BCUT2D eigenvalue weighted by Crippen LogP contribution is 2.25. The number of aliphatic hydroxyl groups is 1. The van der Waals surface area contributed by atoms with E-state index in [-0.39, 0.29) is 17.2 Å². The Hall–Kier alpha value is -1.65. The quantitative estimate of drug-likeness (QED) is 0.891. The molecular weight excluding hydrogens is 254 g/mol. The van der Waals surface area contributed by atoms with Crippen molar-refractivity contribution in [1.82, 2.24) is 4.98 Å². The highest BCUT2D eigenvalue weighted by Gasteiger charge is 2.14. The van der Waals surface area contributed by atoms with Crippen LogP contribution in [0.2, 0.25) is 5.02 Å². The molecule has 5 heteroatoms. The van der Waals surface area contributed by atoms with Crippen molar-refractivity contribution in [3.63, 3.8) is 0 Å². The number of pyridine rings is 1. The minimum atomic E-state index is -1.06. The molecule has 2 rings (SSSR count). The van der Waals surface area contributed by atoms with E-state index in [2.05, 4.69) is 4.98 Å². The molecule has 0 saturated carbocycles. The lowest BCUT2D eigenvalue weighted by atomic mass is 10.1. The van der Waals surface area contributed by atoms with Crippen LogP contribution in [0.4, 0.5) is 0 Å². The van der Waals surface area contributed by atoms with Gasteiger partial charge in [-0.25, -0.2) is 4.79 Å². The van der Waals surface area contributed by atoms with E-state index in [1.807, 2.05) is 0 Å². The molecule has 0 fully saturated rings. The first kappa shape index (κ1) is 12.8. The molecule has 0 radical (unpaired) electrons. The maximum atomic E-state index is 11.1. The summed E-state index contributed by atoms with van der Waals surface area (Å²) in [6.07, 6.45) is 1.30. The number of rotatable bonds is 4. The number of hydrogen-bond donors (Lipinski definition) is 2. The van der Waals surface area contributed by atoms with E-state index in [1.165, 1.54) is 6.07 Å². The third-order valence-electron chi connectivity index (χ3n) is 2.68. The molecule has 94 valence electrons. The summed E-state index contributed by atoms with van der Waals surface area (Å²) in [6.45, 7) is 0.112. The molecule has 1 aromatic carbocycles. The van der Waals surface area contributed by atoms with Gasteiger partial charge in [-0.05, 0) is 31.0 Å². The second-order valence-corrected chi connectivity index (χ2v) is 4.33. The van der Waals surface area contributed by atoms with Gasteiger partial charge in [0.2, 0.25) is 0 Å². The molecule has 18 heavy (non-hydrogen) atoms. The minimum Gasteiger partial charge on any atom is -0.478 e. The molecule has 0 amide bonds. The summed E-state index contributed by atoms with van der Waals surface area (Å²) in [7, 11) is 0. The normalized spacial score (nSPS) is 10.8. The summed E-state index contributed by atoms with van der Waals surface area (Å²) in [5.41, 5.74) is 1.51. The average molecular weight is 266 g/mol. The lowest BCUT2D eigenvalue weighted by Gasteiger charge is -2.06. The summed E-state index contributed by atoms with van der Waals surface area (Å²) < 4.78 is 0. The van der Waals surface area contributed by atoms with E-state index in [0.717, 1.165) is 5.69 Å². The zero-order chi connectivity index (χ0) is 13.1. The summed E-state index contributed by atoms with van der Waals surface area (Å²) in [5, 5.41) is 18.6. The Morgan fingerprint density at radius 3 is 2.72 bits per heavy atom. The van der Waals surface area contributed by atoms with Gasteiger partial charge < -0.3 is 10.2 Å². The minimum absolute atomic E-state index is 0.0791. The van der Waals surface area contributed by atoms with Gasteiger partial charge in [-0.15, -0.1) is 0 Å². The van der Waals surface area contributed by atoms with Crippen molar-refractivity contribution < 1.29 is 15.0 Å². The Morgan fingerprint density at radius 2 is 2.06 bits per heavy atom. The van der Waals surface area contributed by atoms with Crippen molar-refractivity contribution in [2.24, 2.45) is 0 Å². The number of aliphatic hydroxyl groups excluding tert-OH is 1. The van der Waals surface area contributed by atoms with E-state index < -0.39 is 5.97 Å². The van der Waals surface area contributed by atoms with Crippen molar-refractivity contribution >= 4 is 28.5 Å². The van der Waals surface area contributed by atoms with Gasteiger partial charge in [0, 0.05) is 17.7 Å². The van der Waals surface area contributed by atoms with Crippen molar-refractivity contribution in [2.45, 2.75) is 12.8 Å². The number of carboxylic acid groups (broad SMARTS) is 1. The standard InChI is InChI=1S/C13H12ClNO3/c14-10-5-6-11-9(12(10)13(17)18)4-3-8(15-11)2-1-7-16/h3-6,16H,1-2,7H2,(H,17,18). The Balaban J connectivity index is 2.53. The number of aromatic nitrogens is 1. The lowest BCUT2D eigenvalue weighted by Crippen LogP contribution is -2.01. The molecule has 4 nitrogen and oxygen atoms in total. The van der Waals surface area contributed by atoms with E-state index in [4.69, 9.17) is 21.8 Å². The van der Waals surface area contributed by atoms with Gasteiger partial charge in [0.05, 0.1) is 16.1 Å². The molecule has 0 aliphatic rings. The van der Waals surface area contributed by atoms with Crippen molar-refractivity contribution in [3.8, 4) is 0 Å². The van der Waals surface area contributed by atoms with Crippen LogP contribution in [0.25, 0.3) is 10.9 Å². The van der Waals surface area contributed by atoms with Crippen LogP contribution in [0.1, 0.15) is 22.5 Å². The second kappa shape index (κ2) is 5.33. The van der Waals surface area contributed by atoms with Crippen molar-refractivity contribution in [1.29, 1.82) is 0 Å². The maximum Gasteiger partial charge on any atom is 0.337 e. The molecule has 0 aliphatic carbocycles. The topological polar surface area (TPSA) is 70.4 Å². The molecule has 1 aromatic heterocycles. The summed E-state index contributed by atoms with van der Waals surface area (Å²) >= 11 is 5.88. The lowest BCUT2D eigenvalue weighted by molar-refractivity contribution is 0.0699. The van der Waals surface area contributed by atoms with Crippen LogP contribution in [-0.2, 0) is 6.42 Å². The SMILES string of the molecule is O=C(O)c1c(Cl)ccc2nc(CCCO)ccc12. The van der Waals surface area contributed by atoms with Gasteiger partial charge >= 0.3 is 5.97 Å². The number of carbonyl (C=O) groups is 1. The van der Waals surface area contributed by atoms with Crippen LogP contribution in [0.5, 0.6) is 0 Å². The summed E-state index contributed by atoms with van der Waals surface area (Å²) in [4.78, 5) is 15.5. The van der Waals surface area contributed by atoms with E-state index >= 15 is 0 Å². The zero-order valence-corrected chi connectivity index (χ0v) is 10.3. The van der Waals surface area contributed by atoms with Crippen molar-refractivity contribution in [2.75, 3.05) is 6.61 Å². The van der Waals surface area contributed by atoms with Crippen LogP contribution in [0.3, 0.4) is 0 Å². The Labute approximate surface area is 109 Å². The predicted molar refractivity (Wildman–Crippen MR) is 69.1 cm³/mol.